The summed E-state index contributed by atoms with van der Waals surface area (Å²) in [5.74, 6) is -1.71. The summed E-state index contributed by atoms with van der Waals surface area (Å²) in [5.41, 5.74) is 1.36. The van der Waals surface area contributed by atoms with Crippen molar-refractivity contribution >= 4 is 33.6 Å². The standard InChI is InChI=1S/C16H10BrF2NO2/c17-11-1-4-15-9(6-11)5-10(8-22-15)16(21)20-12-2-3-13(18)14(19)7-12/h1-7H,8H2,(H,20,21). The Labute approximate surface area is 133 Å². The van der Waals surface area contributed by atoms with Gasteiger partial charge in [0.05, 0.1) is 5.57 Å². The highest BCUT2D eigenvalue weighted by Gasteiger charge is 2.18. The fourth-order valence-electron chi connectivity index (χ4n) is 2.06. The molecule has 0 aromatic heterocycles. The number of rotatable bonds is 2. The molecule has 1 N–H and O–H groups in total. The summed E-state index contributed by atoms with van der Waals surface area (Å²) >= 11 is 3.35. The largest absolute Gasteiger partial charge is 0.488 e. The Bertz CT molecular complexity index is 790. The lowest BCUT2D eigenvalue weighted by Crippen LogP contribution is -2.21. The van der Waals surface area contributed by atoms with E-state index in [1.165, 1.54) is 6.07 Å². The predicted octanol–water partition coefficient (Wildman–Crippen LogP) is 4.14. The molecule has 1 aliphatic rings. The number of anilines is 1. The highest BCUT2D eigenvalue weighted by molar-refractivity contribution is 9.10. The quantitative estimate of drug-likeness (QED) is 0.868. The van der Waals surface area contributed by atoms with E-state index in [0.717, 1.165) is 22.2 Å². The maximum Gasteiger partial charge on any atom is 0.255 e. The van der Waals surface area contributed by atoms with E-state index in [2.05, 4.69) is 21.2 Å². The van der Waals surface area contributed by atoms with E-state index in [-0.39, 0.29) is 12.3 Å². The maximum absolute atomic E-state index is 13.1. The van der Waals surface area contributed by atoms with Gasteiger partial charge in [-0.1, -0.05) is 15.9 Å². The molecule has 6 heteroatoms. The molecule has 22 heavy (non-hydrogen) atoms. The van der Waals surface area contributed by atoms with Crippen LogP contribution in [0.4, 0.5) is 14.5 Å². The number of nitrogens with one attached hydrogen (secondary N) is 1. The maximum atomic E-state index is 13.1. The van der Waals surface area contributed by atoms with E-state index in [1.54, 1.807) is 12.1 Å². The van der Waals surface area contributed by atoms with Gasteiger partial charge in [-0.3, -0.25) is 4.79 Å². The molecule has 0 saturated heterocycles. The Morgan fingerprint density at radius 2 is 1.95 bits per heavy atom. The van der Waals surface area contributed by atoms with Crippen LogP contribution in [0.5, 0.6) is 5.75 Å². The lowest BCUT2D eigenvalue weighted by molar-refractivity contribution is -0.113. The van der Waals surface area contributed by atoms with Gasteiger partial charge in [0.25, 0.3) is 5.91 Å². The molecule has 1 amide bonds. The van der Waals surface area contributed by atoms with Crippen molar-refractivity contribution in [1.82, 2.24) is 0 Å². The van der Waals surface area contributed by atoms with E-state index in [9.17, 15) is 13.6 Å². The van der Waals surface area contributed by atoms with Crippen LogP contribution in [0.1, 0.15) is 5.56 Å². The van der Waals surface area contributed by atoms with Crippen LogP contribution in [0.3, 0.4) is 0 Å². The third-order valence-corrected chi connectivity index (χ3v) is 3.65. The van der Waals surface area contributed by atoms with Crippen molar-refractivity contribution < 1.29 is 18.3 Å². The average Bonchev–Trinajstić information content (AvgIpc) is 2.50. The van der Waals surface area contributed by atoms with E-state index in [0.29, 0.717) is 11.3 Å². The number of carbonyl (C=O) groups is 1. The van der Waals surface area contributed by atoms with Crippen LogP contribution in [0.25, 0.3) is 6.08 Å². The number of carbonyl (C=O) groups excluding carboxylic acids is 1. The number of hydrogen-bond acceptors (Lipinski definition) is 2. The monoisotopic (exact) mass is 365 g/mol. The lowest BCUT2D eigenvalue weighted by Gasteiger charge is -2.18. The van der Waals surface area contributed by atoms with Gasteiger partial charge in [0.2, 0.25) is 0 Å². The van der Waals surface area contributed by atoms with Gasteiger partial charge < -0.3 is 10.1 Å². The van der Waals surface area contributed by atoms with Crippen LogP contribution in [0, 0.1) is 11.6 Å². The normalized spacial score (nSPS) is 13.0. The Kier molecular flexibility index (Phi) is 3.94. The number of hydrogen-bond donors (Lipinski definition) is 1. The molecule has 0 aliphatic carbocycles. The average molecular weight is 366 g/mol. The molecule has 0 bridgehead atoms. The van der Waals surface area contributed by atoms with Crippen LogP contribution in [-0.2, 0) is 4.79 Å². The lowest BCUT2D eigenvalue weighted by atomic mass is 10.1. The van der Waals surface area contributed by atoms with Crippen LogP contribution in [0.2, 0.25) is 0 Å². The second kappa shape index (κ2) is 5.88. The fourth-order valence-corrected chi connectivity index (χ4v) is 2.44. The smallest absolute Gasteiger partial charge is 0.255 e. The molecule has 0 radical (unpaired) electrons. The van der Waals surface area contributed by atoms with Gasteiger partial charge in [0.1, 0.15) is 12.4 Å². The fraction of sp³-hybridized carbons (Fsp3) is 0.0625. The van der Waals surface area contributed by atoms with Crippen LogP contribution >= 0.6 is 15.9 Å². The third kappa shape index (κ3) is 3.01. The molecule has 0 saturated carbocycles. The minimum absolute atomic E-state index is 0.115. The van der Waals surface area contributed by atoms with Crippen molar-refractivity contribution in [1.29, 1.82) is 0 Å². The number of amides is 1. The topological polar surface area (TPSA) is 38.3 Å². The van der Waals surface area contributed by atoms with E-state index >= 15 is 0 Å². The molecule has 3 nitrogen and oxygen atoms in total. The number of halogens is 3. The van der Waals surface area contributed by atoms with Crippen LogP contribution in [0.15, 0.2) is 46.4 Å². The Morgan fingerprint density at radius 3 is 2.73 bits per heavy atom. The number of benzene rings is 2. The molecule has 0 unspecified atom stereocenters. The Morgan fingerprint density at radius 1 is 1.14 bits per heavy atom. The zero-order valence-corrected chi connectivity index (χ0v) is 12.8. The Balaban J connectivity index is 1.82. The minimum atomic E-state index is -1.01. The van der Waals surface area contributed by atoms with E-state index in [4.69, 9.17) is 4.74 Å². The van der Waals surface area contributed by atoms with E-state index in [1.807, 2.05) is 12.1 Å². The van der Waals surface area contributed by atoms with Gasteiger partial charge in [0, 0.05) is 21.8 Å². The molecule has 3 rings (SSSR count). The van der Waals surface area contributed by atoms with Crippen LogP contribution in [-0.4, -0.2) is 12.5 Å². The molecule has 2 aromatic rings. The molecule has 0 fully saturated rings. The first-order valence-electron chi connectivity index (χ1n) is 6.42. The molecular weight excluding hydrogens is 356 g/mol. The first kappa shape index (κ1) is 14.7. The zero-order chi connectivity index (χ0) is 15.7. The summed E-state index contributed by atoms with van der Waals surface area (Å²) in [6.45, 7) is 0.115. The minimum Gasteiger partial charge on any atom is -0.488 e. The van der Waals surface area contributed by atoms with Crippen molar-refractivity contribution in [3.05, 3.63) is 63.6 Å². The second-order valence-corrected chi connectivity index (χ2v) is 5.64. The summed E-state index contributed by atoms with van der Waals surface area (Å²) in [5, 5.41) is 2.52. The molecule has 2 aromatic carbocycles. The zero-order valence-electron chi connectivity index (χ0n) is 11.2. The van der Waals surface area contributed by atoms with Gasteiger partial charge in [-0.15, -0.1) is 0 Å². The molecule has 0 atom stereocenters. The third-order valence-electron chi connectivity index (χ3n) is 3.15. The summed E-state index contributed by atoms with van der Waals surface area (Å²) < 4.78 is 32.4. The second-order valence-electron chi connectivity index (χ2n) is 4.72. The van der Waals surface area contributed by atoms with Gasteiger partial charge >= 0.3 is 0 Å². The highest BCUT2D eigenvalue weighted by atomic mass is 79.9. The first-order chi connectivity index (χ1) is 10.5. The summed E-state index contributed by atoms with van der Waals surface area (Å²) in [7, 11) is 0. The summed E-state index contributed by atoms with van der Waals surface area (Å²) in [6.07, 6.45) is 1.71. The highest BCUT2D eigenvalue weighted by Crippen LogP contribution is 2.29. The molecule has 1 heterocycles. The van der Waals surface area contributed by atoms with Gasteiger partial charge in [-0.05, 0) is 36.4 Å². The first-order valence-corrected chi connectivity index (χ1v) is 7.21. The molecule has 112 valence electrons. The number of ether oxygens (including phenoxy) is 1. The summed E-state index contributed by atoms with van der Waals surface area (Å²) in [4.78, 5) is 12.2. The van der Waals surface area contributed by atoms with Gasteiger partial charge in [-0.25, -0.2) is 8.78 Å². The van der Waals surface area contributed by atoms with E-state index < -0.39 is 17.5 Å². The van der Waals surface area contributed by atoms with Crippen molar-refractivity contribution in [2.24, 2.45) is 0 Å². The van der Waals surface area contributed by atoms with Crippen molar-refractivity contribution in [3.63, 3.8) is 0 Å². The molecule has 1 aliphatic heterocycles. The SMILES string of the molecule is O=C(Nc1ccc(F)c(F)c1)C1=Cc2cc(Br)ccc2OC1. The van der Waals surface area contributed by atoms with Crippen LogP contribution < -0.4 is 10.1 Å². The van der Waals surface area contributed by atoms with Crippen molar-refractivity contribution in [2.75, 3.05) is 11.9 Å². The number of fused-ring (bicyclic) bond motifs is 1. The molecule has 0 spiro atoms. The van der Waals surface area contributed by atoms with Crippen molar-refractivity contribution in [2.45, 2.75) is 0 Å². The predicted molar refractivity (Wildman–Crippen MR) is 82.6 cm³/mol. The molecular formula is C16H10BrF2NO2. The van der Waals surface area contributed by atoms with Crippen molar-refractivity contribution in [3.8, 4) is 5.75 Å². The van der Waals surface area contributed by atoms with Gasteiger partial charge in [-0.2, -0.15) is 0 Å². The summed E-state index contributed by atoms with van der Waals surface area (Å²) in [6, 6.07) is 8.68. The van der Waals surface area contributed by atoms with Gasteiger partial charge in [0.15, 0.2) is 11.6 Å². The Hall–Kier alpha value is -2.21.